The predicted molar refractivity (Wildman–Crippen MR) is 70.9 cm³/mol. The maximum atomic E-state index is 13.1. The molecule has 2 N–H and O–H groups in total. The second kappa shape index (κ2) is 4.98. The summed E-state index contributed by atoms with van der Waals surface area (Å²) in [5, 5.41) is 13.2. The van der Waals surface area contributed by atoms with Crippen LogP contribution in [0.1, 0.15) is 32.8 Å². The molecule has 2 rings (SSSR count). The van der Waals surface area contributed by atoms with E-state index in [1.807, 2.05) is 6.07 Å². The standard InChI is InChI=1S/C15H22FNO/c1-10(7-11-5-4-6-12(16)8-11)17-13-9-14(18)15(13,2)3/h4-6,8,10,13-14,17-18H,7,9H2,1-3H3. The monoisotopic (exact) mass is 251 g/mol. The Hall–Kier alpha value is -0.930. The third kappa shape index (κ3) is 2.73. The molecule has 1 fully saturated rings. The molecular formula is C15H22FNO. The van der Waals surface area contributed by atoms with Crippen LogP contribution in [0.25, 0.3) is 0 Å². The highest BCUT2D eigenvalue weighted by molar-refractivity contribution is 5.17. The molecule has 0 bridgehead atoms. The molecule has 3 unspecified atom stereocenters. The lowest BCUT2D eigenvalue weighted by atomic mass is 9.64. The zero-order valence-corrected chi connectivity index (χ0v) is 11.3. The van der Waals surface area contributed by atoms with Crippen LogP contribution in [0, 0.1) is 11.2 Å². The van der Waals surface area contributed by atoms with Gasteiger partial charge < -0.3 is 10.4 Å². The predicted octanol–water partition coefficient (Wildman–Crippen LogP) is 2.51. The minimum absolute atomic E-state index is 0.0593. The minimum Gasteiger partial charge on any atom is -0.392 e. The van der Waals surface area contributed by atoms with Gasteiger partial charge in [-0.3, -0.25) is 0 Å². The fourth-order valence-electron chi connectivity index (χ4n) is 2.61. The molecule has 0 aliphatic heterocycles. The van der Waals surface area contributed by atoms with Crippen molar-refractivity contribution in [3.05, 3.63) is 35.6 Å². The Kier molecular flexibility index (Phi) is 3.74. The smallest absolute Gasteiger partial charge is 0.123 e. The molecule has 100 valence electrons. The fraction of sp³-hybridized carbons (Fsp3) is 0.600. The second-order valence-electron chi connectivity index (χ2n) is 6.03. The summed E-state index contributed by atoms with van der Waals surface area (Å²) in [5.74, 6) is -0.181. The van der Waals surface area contributed by atoms with Crippen LogP contribution in [0.15, 0.2) is 24.3 Å². The van der Waals surface area contributed by atoms with Crippen molar-refractivity contribution < 1.29 is 9.50 Å². The highest BCUT2D eigenvalue weighted by Crippen LogP contribution is 2.40. The number of hydrogen-bond acceptors (Lipinski definition) is 2. The molecule has 3 atom stereocenters. The lowest BCUT2D eigenvalue weighted by molar-refractivity contribution is -0.0752. The zero-order chi connectivity index (χ0) is 13.3. The van der Waals surface area contributed by atoms with Gasteiger partial charge in [0.1, 0.15) is 5.82 Å². The van der Waals surface area contributed by atoms with Crippen molar-refractivity contribution in [3.8, 4) is 0 Å². The Morgan fingerprint density at radius 3 is 2.78 bits per heavy atom. The van der Waals surface area contributed by atoms with Crippen LogP contribution in [-0.2, 0) is 6.42 Å². The van der Waals surface area contributed by atoms with Crippen molar-refractivity contribution >= 4 is 0 Å². The number of rotatable bonds is 4. The molecule has 0 saturated heterocycles. The summed E-state index contributed by atoms with van der Waals surface area (Å²) in [6.07, 6.45) is 1.40. The van der Waals surface area contributed by atoms with Gasteiger partial charge in [0, 0.05) is 17.5 Å². The number of aliphatic hydroxyl groups excluding tert-OH is 1. The summed E-state index contributed by atoms with van der Waals surface area (Å²) < 4.78 is 13.1. The van der Waals surface area contributed by atoms with E-state index < -0.39 is 0 Å². The van der Waals surface area contributed by atoms with Gasteiger partial charge in [0.25, 0.3) is 0 Å². The number of halogens is 1. The van der Waals surface area contributed by atoms with Crippen molar-refractivity contribution in [2.24, 2.45) is 5.41 Å². The maximum Gasteiger partial charge on any atom is 0.123 e. The first-order chi connectivity index (χ1) is 8.39. The van der Waals surface area contributed by atoms with Gasteiger partial charge in [-0.25, -0.2) is 4.39 Å². The van der Waals surface area contributed by atoms with Crippen LogP contribution in [0.5, 0.6) is 0 Å². The third-order valence-corrected chi connectivity index (χ3v) is 4.13. The fourth-order valence-corrected chi connectivity index (χ4v) is 2.61. The number of aliphatic hydroxyl groups is 1. The maximum absolute atomic E-state index is 13.1. The first-order valence-electron chi connectivity index (χ1n) is 6.58. The van der Waals surface area contributed by atoms with Crippen LogP contribution in [0.4, 0.5) is 4.39 Å². The molecule has 0 amide bonds. The van der Waals surface area contributed by atoms with E-state index in [9.17, 15) is 9.50 Å². The summed E-state index contributed by atoms with van der Waals surface area (Å²) in [7, 11) is 0. The number of benzene rings is 1. The summed E-state index contributed by atoms with van der Waals surface area (Å²) >= 11 is 0. The zero-order valence-electron chi connectivity index (χ0n) is 11.3. The summed E-state index contributed by atoms with van der Waals surface area (Å²) in [4.78, 5) is 0. The molecule has 1 aliphatic carbocycles. The normalized spacial score (nSPS) is 27.6. The molecule has 0 radical (unpaired) electrons. The third-order valence-electron chi connectivity index (χ3n) is 4.13. The topological polar surface area (TPSA) is 32.3 Å². The van der Waals surface area contributed by atoms with Crippen molar-refractivity contribution in [1.29, 1.82) is 0 Å². The SMILES string of the molecule is CC(Cc1cccc(F)c1)NC1CC(O)C1(C)C. The van der Waals surface area contributed by atoms with Crippen molar-refractivity contribution in [1.82, 2.24) is 5.32 Å². The molecule has 2 nitrogen and oxygen atoms in total. The molecular weight excluding hydrogens is 229 g/mol. The van der Waals surface area contributed by atoms with Crippen molar-refractivity contribution in [3.63, 3.8) is 0 Å². The Balaban J connectivity index is 1.88. The van der Waals surface area contributed by atoms with Crippen LogP contribution in [0.2, 0.25) is 0 Å². The highest BCUT2D eigenvalue weighted by Gasteiger charge is 2.47. The average Bonchev–Trinajstić information content (AvgIpc) is 2.28. The van der Waals surface area contributed by atoms with E-state index in [1.54, 1.807) is 12.1 Å². The lowest BCUT2D eigenvalue weighted by Crippen LogP contribution is -2.61. The van der Waals surface area contributed by atoms with Crippen LogP contribution < -0.4 is 5.32 Å². The number of hydrogen-bond donors (Lipinski definition) is 2. The Morgan fingerprint density at radius 2 is 2.22 bits per heavy atom. The molecule has 1 aliphatic rings. The quantitative estimate of drug-likeness (QED) is 0.861. The van der Waals surface area contributed by atoms with E-state index in [0.717, 1.165) is 18.4 Å². The van der Waals surface area contributed by atoms with E-state index in [0.29, 0.717) is 6.04 Å². The largest absolute Gasteiger partial charge is 0.392 e. The summed E-state index contributed by atoms with van der Waals surface area (Å²) in [6, 6.07) is 7.36. The average molecular weight is 251 g/mol. The first-order valence-corrected chi connectivity index (χ1v) is 6.58. The molecule has 0 heterocycles. The highest BCUT2D eigenvalue weighted by atomic mass is 19.1. The van der Waals surface area contributed by atoms with E-state index in [1.165, 1.54) is 6.07 Å². The van der Waals surface area contributed by atoms with E-state index in [-0.39, 0.29) is 23.4 Å². The Morgan fingerprint density at radius 1 is 1.50 bits per heavy atom. The molecule has 0 aromatic heterocycles. The summed E-state index contributed by atoms with van der Waals surface area (Å²) in [5.41, 5.74) is 0.948. The lowest BCUT2D eigenvalue weighted by Gasteiger charge is -2.50. The summed E-state index contributed by atoms with van der Waals surface area (Å²) in [6.45, 7) is 6.26. The van der Waals surface area contributed by atoms with Gasteiger partial charge in [-0.05, 0) is 37.5 Å². The van der Waals surface area contributed by atoms with Crippen molar-refractivity contribution in [2.75, 3.05) is 0 Å². The van der Waals surface area contributed by atoms with Gasteiger partial charge >= 0.3 is 0 Å². The van der Waals surface area contributed by atoms with Gasteiger partial charge in [-0.2, -0.15) is 0 Å². The minimum atomic E-state index is -0.212. The van der Waals surface area contributed by atoms with E-state index >= 15 is 0 Å². The molecule has 1 saturated carbocycles. The van der Waals surface area contributed by atoms with Gasteiger partial charge in [0.05, 0.1) is 6.10 Å². The van der Waals surface area contributed by atoms with Crippen LogP contribution >= 0.6 is 0 Å². The van der Waals surface area contributed by atoms with Crippen LogP contribution in [-0.4, -0.2) is 23.3 Å². The van der Waals surface area contributed by atoms with E-state index in [2.05, 4.69) is 26.1 Å². The van der Waals surface area contributed by atoms with Gasteiger partial charge in [-0.15, -0.1) is 0 Å². The molecule has 3 heteroatoms. The molecule has 1 aromatic carbocycles. The van der Waals surface area contributed by atoms with E-state index in [4.69, 9.17) is 0 Å². The second-order valence-corrected chi connectivity index (χ2v) is 6.03. The van der Waals surface area contributed by atoms with Gasteiger partial charge in [-0.1, -0.05) is 26.0 Å². The Bertz CT molecular complexity index is 419. The van der Waals surface area contributed by atoms with Crippen LogP contribution in [0.3, 0.4) is 0 Å². The van der Waals surface area contributed by atoms with Gasteiger partial charge in [0.2, 0.25) is 0 Å². The van der Waals surface area contributed by atoms with Gasteiger partial charge in [0.15, 0.2) is 0 Å². The number of nitrogens with one attached hydrogen (secondary N) is 1. The molecule has 1 aromatic rings. The van der Waals surface area contributed by atoms with Crippen molar-refractivity contribution in [2.45, 2.75) is 51.8 Å². The Labute approximate surface area is 108 Å². The molecule has 0 spiro atoms. The first kappa shape index (κ1) is 13.5. The molecule has 18 heavy (non-hydrogen) atoms.